The molecule has 0 saturated carbocycles. The van der Waals surface area contributed by atoms with E-state index in [2.05, 4.69) is 62.2 Å². The molecule has 5 aromatic rings. The Labute approximate surface area is 245 Å². The summed E-state index contributed by atoms with van der Waals surface area (Å²) in [6.07, 6.45) is 1.56. The minimum absolute atomic E-state index is 0.229. The number of nitrogens with one attached hydrogen (secondary N) is 1. The zero-order valence-corrected chi connectivity index (χ0v) is 23.7. The van der Waals surface area contributed by atoms with Crippen LogP contribution in [0.4, 0.5) is 0 Å². The number of halogens is 1. The van der Waals surface area contributed by atoms with Gasteiger partial charge in [0.05, 0.1) is 21.9 Å². The SMILES string of the molecule is Cc1ccc(-c2ccccc2)n1-c1ccc(C(=O)N/N=C/c2ccc(OCc3ccc(C(=O)O)cc3)c(Br)c2)cc1. The van der Waals surface area contributed by atoms with Gasteiger partial charge in [-0.1, -0.05) is 42.5 Å². The Morgan fingerprint density at radius 2 is 1.61 bits per heavy atom. The van der Waals surface area contributed by atoms with Gasteiger partial charge in [-0.2, -0.15) is 5.10 Å². The van der Waals surface area contributed by atoms with Gasteiger partial charge in [0.25, 0.3) is 5.91 Å². The van der Waals surface area contributed by atoms with Gasteiger partial charge in [0.15, 0.2) is 0 Å². The largest absolute Gasteiger partial charge is 0.488 e. The molecule has 0 spiro atoms. The molecule has 1 heterocycles. The first-order chi connectivity index (χ1) is 19.9. The van der Waals surface area contributed by atoms with Gasteiger partial charge in [0, 0.05) is 16.9 Å². The van der Waals surface area contributed by atoms with Crippen LogP contribution in [-0.2, 0) is 6.61 Å². The van der Waals surface area contributed by atoms with Crippen LogP contribution < -0.4 is 10.2 Å². The van der Waals surface area contributed by atoms with E-state index < -0.39 is 5.97 Å². The summed E-state index contributed by atoms with van der Waals surface area (Å²) < 4.78 is 8.73. The second-order valence-electron chi connectivity index (χ2n) is 9.29. The fourth-order valence-corrected chi connectivity index (χ4v) is 4.84. The zero-order chi connectivity index (χ0) is 28.8. The molecule has 0 atom stereocenters. The lowest BCUT2D eigenvalue weighted by atomic mass is 10.1. The van der Waals surface area contributed by atoms with Gasteiger partial charge < -0.3 is 14.4 Å². The molecule has 0 aliphatic rings. The number of hydrazone groups is 1. The number of carbonyl (C=O) groups excluding carboxylic acids is 1. The number of benzene rings is 4. The van der Waals surface area contributed by atoms with Crippen molar-refractivity contribution in [2.45, 2.75) is 13.5 Å². The summed E-state index contributed by atoms with van der Waals surface area (Å²) in [6.45, 7) is 2.35. The third-order valence-corrected chi connectivity index (χ3v) is 7.08. The minimum Gasteiger partial charge on any atom is -0.488 e. The lowest BCUT2D eigenvalue weighted by Crippen LogP contribution is -2.17. The van der Waals surface area contributed by atoms with E-state index in [1.54, 1.807) is 48.7 Å². The number of aryl methyl sites for hydroxylation is 1. The van der Waals surface area contributed by atoms with Crippen molar-refractivity contribution in [2.24, 2.45) is 5.10 Å². The van der Waals surface area contributed by atoms with Crippen molar-refractivity contribution in [3.8, 4) is 22.7 Å². The number of hydrogen-bond donors (Lipinski definition) is 2. The van der Waals surface area contributed by atoms with Crippen LogP contribution in [0.25, 0.3) is 16.9 Å². The maximum atomic E-state index is 12.7. The second-order valence-corrected chi connectivity index (χ2v) is 10.1. The summed E-state index contributed by atoms with van der Waals surface area (Å²) in [5.74, 6) is -0.651. The minimum atomic E-state index is -0.966. The molecule has 0 fully saturated rings. The van der Waals surface area contributed by atoms with E-state index in [0.29, 0.717) is 11.3 Å². The first kappa shape index (κ1) is 27.6. The van der Waals surface area contributed by atoms with Crippen LogP contribution in [0.5, 0.6) is 5.75 Å². The number of hydrogen-bond acceptors (Lipinski definition) is 4. The Morgan fingerprint density at radius 1 is 0.902 bits per heavy atom. The number of amides is 1. The first-order valence-electron chi connectivity index (χ1n) is 12.8. The highest BCUT2D eigenvalue weighted by atomic mass is 79.9. The molecule has 204 valence electrons. The van der Waals surface area contributed by atoms with Gasteiger partial charge >= 0.3 is 5.97 Å². The van der Waals surface area contributed by atoms with Crippen LogP contribution >= 0.6 is 15.9 Å². The predicted octanol–water partition coefficient (Wildman–Crippen LogP) is 7.26. The fourth-order valence-electron chi connectivity index (χ4n) is 4.33. The molecule has 0 aliphatic heterocycles. The number of nitrogens with zero attached hydrogens (tertiary/aromatic N) is 2. The van der Waals surface area contributed by atoms with Gasteiger partial charge in [-0.25, -0.2) is 10.2 Å². The highest BCUT2D eigenvalue weighted by molar-refractivity contribution is 9.10. The van der Waals surface area contributed by atoms with Crippen molar-refractivity contribution in [3.05, 3.63) is 142 Å². The number of aromatic nitrogens is 1. The second kappa shape index (κ2) is 12.5. The molecule has 0 saturated heterocycles. The third-order valence-electron chi connectivity index (χ3n) is 6.46. The van der Waals surface area contributed by atoms with Crippen LogP contribution in [0.2, 0.25) is 0 Å². The van der Waals surface area contributed by atoms with Crippen molar-refractivity contribution in [1.82, 2.24) is 9.99 Å². The fraction of sp³-hybridized carbons (Fsp3) is 0.0606. The zero-order valence-electron chi connectivity index (χ0n) is 22.1. The van der Waals surface area contributed by atoms with Crippen molar-refractivity contribution < 1.29 is 19.4 Å². The Bertz CT molecular complexity index is 1710. The van der Waals surface area contributed by atoms with Crippen molar-refractivity contribution in [3.63, 3.8) is 0 Å². The summed E-state index contributed by atoms with van der Waals surface area (Å²) in [5.41, 5.74) is 9.20. The monoisotopic (exact) mass is 607 g/mol. The van der Waals surface area contributed by atoms with Gasteiger partial charge in [-0.05, 0) is 106 Å². The van der Waals surface area contributed by atoms with Crippen molar-refractivity contribution in [2.75, 3.05) is 0 Å². The Hall–Kier alpha value is -4.95. The van der Waals surface area contributed by atoms with E-state index in [4.69, 9.17) is 9.84 Å². The molecule has 4 aromatic carbocycles. The molecule has 0 aliphatic carbocycles. The highest BCUT2D eigenvalue weighted by Gasteiger charge is 2.11. The third kappa shape index (κ3) is 6.62. The molecular weight excluding hydrogens is 582 g/mol. The molecular formula is C33H26BrN3O4. The van der Waals surface area contributed by atoms with Crippen LogP contribution in [0, 0.1) is 6.92 Å². The topological polar surface area (TPSA) is 92.9 Å². The smallest absolute Gasteiger partial charge is 0.335 e. The van der Waals surface area contributed by atoms with Crippen LogP contribution in [0.3, 0.4) is 0 Å². The summed E-state index contributed by atoms with van der Waals surface area (Å²) in [5, 5.41) is 13.1. The average molecular weight is 608 g/mol. The maximum Gasteiger partial charge on any atom is 0.335 e. The molecule has 7 nitrogen and oxygen atoms in total. The van der Waals surface area contributed by atoms with E-state index in [9.17, 15) is 9.59 Å². The number of carboxylic acid groups (broad SMARTS) is 1. The van der Waals surface area contributed by atoms with E-state index in [0.717, 1.165) is 38.2 Å². The lowest BCUT2D eigenvalue weighted by molar-refractivity contribution is 0.0696. The molecule has 0 radical (unpaired) electrons. The van der Waals surface area contributed by atoms with E-state index in [1.807, 2.05) is 42.5 Å². The molecule has 2 N–H and O–H groups in total. The number of carbonyl (C=O) groups is 2. The molecule has 41 heavy (non-hydrogen) atoms. The van der Waals surface area contributed by atoms with Crippen LogP contribution in [0.1, 0.15) is 37.5 Å². The number of carboxylic acids is 1. The number of rotatable bonds is 9. The van der Waals surface area contributed by atoms with Crippen LogP contribution in [-0.4, -0.2) is 27.8 Å². The summed E-state index contributed by atoms with van der Waals surface area (Å²) in [6, 6.07) is 33.8. The molecule has 0 unspecified atom stereocenters. The van der Waals surface area contributed by atoms with Gasteiger partial charge in [0.2, 0.25) is 0 Å². The molecule has 0 bridgehead atoms. The number of ether oxygens (including phenoxy) is 1. The van der Waals surface area contributed by atoms with E-state index in [-0.39, 0.29) is 18.1 Å². The van der Waals surface area contributed by atoms with Gasteiger partial charge in [0.1, 0.15) is 12.4 Å². The number of aromatic carboxylic acids is 1. The Kier molecular flexibility index (Phi) is 8.41. The van der Waals surface area contributed by atoms with E-state index >= 15 is 0 Å². The van der Waals surface area contributed by atoms with Crippen molar-refractivity contribution in [1.29, 1.82) is 0 Å². The molecule has 1 amide bonds. The van der Waals surface area contributed by atoms with Gasteiger partial charge in [-0.15, -0.1) is 0 Å². The average Bonchev–Trinajstić information content (AvgIpc) is 3.38. The maximum absolute atomic E-state index is 12.7. The summed E-state index contributed by atoms with van der Waals surface area (Å²) in [7, 11) is 0. The quantitative estimate of drug-likeness (QED) is 0.136. The standard InChI is InChI=1S/C33H26BrN3O4/c1-22-7-17-30(25-5-3-2-4-6-25)37(22)28-15-13-26(14-16-28)32(38)36-35-20-24-10-18-31(29(34)19-24)41-21-23-8-11-27(12-9-23)33(39)40/h2-20H,21H2,1H3,(H,36,38)(H,39,40)/b35-20+. The molecule has 1 aromatic heterocycles. The van der Waals surface area contributed by atoms with E-state index in [1.165, 1.54) is 0 Å². The Morgan fingerprint density at radius 3 is 2.29 bits per heavy atom. The van der Waals surface area contributed by atoms with Crippen molar-refractivity contribution >= 4 is 34.0 Å². The first-order valence-corrected chi connectivity index (χ1v) is 13.6. The van der Waals surface area contributed by atoms with Crippen LogP contribution in [0.15, 0.2) is 119 Å². The lowest BCUT2D eigenvalue weighted by Gasteiger charge is -2.12. The normalized spacial score (nSPS) is 11.0. The molecule has 8 heteroatoms. The molecule has 5 rings (SSSR count). The highest BCUT2D eigenvalue weighted by Crippen LogP contribution is 2.27. The van der Waals surface area contributed by atoms with Gasteiger partial charge in [-0.3, -0.25) is 4.79 Å². The Balaban J connectivity index is 1.19. The summed E-state index contributed by atoms with van der Waals surface area (Å²) >= 11 is 3.50. The predicted molar refractivity (Wildman–Crippen MR) is 163 cm³/mol. The summed E-state index contributed by atoms with van der Waals surface area (Å²) in [4.78, 5) is 23.7.